The Morgan fingerprint density at radius 2 is 1.76 bits per heavy atom. The molecular formula is C28H33F2N5O2. The Labute approximate surface area is 216 Å². The molecule has 0 bridgehead atoms. The maximum atomic E-state index is 14.8. The van der Waals surface area contributed by atoms with Crippen LogP contribution in [0, 0.1) is 17.6 Å². The number of benzene rings is 1. The van der Waals surface area contributed by atoms with Crippen molar-refractivity contribution in [2.24, 2.45) is 11.1 Å². The van der Waals surface area contributed by atoms with Crippen LogP contribution in [0.2, 0.25) is 0 Å². The van der Waals surface area contributed by atoms with Crippen LogP contribution in [-0.2, 0) is 11.3 Å². The van der Waals surface area contributed by atoms with E-state index in [0.717, 1.165) is 43.9 Å². The molecule has 4 rings (SSSR count). The van der Waals surface area contributed by atoms with Gasteiger partial charge in [0.1, 0.15) is 22.9 Å². The van der Waals surface area contributed by atoms with E-state index in [1.54, 1.807) is 6.07 Å². The number of hydrogen-bond acceptors (Lipinski definition) is 7. The van der Waals surface area contributed by atoms with Crippen molar-refractivity contribution in [1.29, 1.82) is 0 Å². The third kappa shape index (κ3) is 7.21. The van der Waals surface area contributed by atoms with E-state index in [-0.39, 0.29) is 11.3 Å². The number of piperidine rings is 1. The number of pyridine rings is 1. The van der Waals surface area contributed by atoms with E-state index in [9.17, 15) is 8.78 Å². The number of oxime groups is 1. The van der Waals surface area contributed by atoms with Gasteiger partial charge in [-0.25, -0.2) is 23.7 Å². The number of rotatable bonds is 8. The number of anilines is 1. The SMILES string of the molecule is CCc1cnc(N2CCC(COc3cnc(-c4ccc(/C=N/OC(C)(C)C)cc4F)c(F)c3)CC2)nc1. The Kier molecular flexibility index (Phi) is 8.31. The maximum absolute atomic E-state index is 14.8. The van der Waals surface area contributed by atoms with Gasteiger partial charge in [0, 0.05) is 37.1 Å². The molecule has 3 heterocycles. The highest BCUT2D eigenvalue weighted by molar-refractivity contribution is 5.80. The van der Waals surface area contributed by atoms with Crippen LogP contribution >= 0.6 is 0 Å². The fourth-order valence-corrected chi connectivity index (χ4v) is 3.95. The van der Waals surface area contributed by atoms with E-state index in [1.165, 1.54) is 30.6 Å². The molecule has 9 heteroatoms. The molecule has 1 saturated heterocycles. The summed E-state index contributed by atoms with van der Waals surface area (Å²) >= 11 is 0. The van der Waals surface area contributed by atoms with Crippen molar-refractivity contribution >= 4 is 12.2 Å². The highest BCUT2D eigenvalue weighted by Gasteiger charge is 2.22. The lowest BCUT2D eigenvalue weighted by atomic mass is 9.98. The van der Waals surface area contributed by atoms with Gasteiger partial charge in [-0.1, -0.05) is 18.1 Å². The second-order valence-corrected chi connectivity index (χ2v) is 10.2. The number of hydrogen-bond donors (Lipinski definition) is 0. The van der Waals surface area contributed by atoms with Gasteiger partial charge in [-0.15, -0.1) is 0 Å². The molecule has 37 heavy (non-hydrogen) atoms. The normalized spacial score (nSPS) is 14.8. The molecule has 0 amide bonds. The molecule has 0 radical (unpaired) electrons. The lowest BCUT2D eigenvalue weighted by Crippen LogP contribution is -2.36. The first-order valence-corrected chi connectivity index (χ1v) is 12.6. The van der Waals surface area contributed by atoms with E-state index >= 15 is 0 Å². The molecule has 0 unspecified atom stereocenters. The molecule has 0 saturated carbocycles. The summed E-state index contributed by atoms with van der Waals surface area (Å²) < 4.78 is 35.4. The van der Waals surface area contributed by atoms with Gasteiger partial charge in [0.2, 0.25) is 5.95 Å². The molecule has 1 aliphatic rings. The van der Waals surface area contributed by atoms with Gasteiger partial charge in [0.25, 0.3) is 0 Å². The summed E-state index contributed by atoms with van der Waals surface area (Å²) in [5, 5.41) is 3.86. The second kappa shape index (κ2) is 11.6. The van der Waals surface area contributed by atoms with Gasteiger partial charge in [-0.05, 0) is 69.2 Å². The fraction of sp³-hybridized carbons (Fsp3) is 0.429. The summed E-state index contributed by atoms with van der Waals surface area (Å²) in [4.78, 5) is 20.5. The Morgan fingerprint density at radius 3 is 2.38 bits per heavy atom. The van der Waals surface area contributed by atoms with E-state index in [2.05, 4.69) is 31.9 Å². The van der Waals surface area contributed by atoms with Crippen LogP contribution in [0.25, 0.3) is 11.3 Å². The van der Waals surface area contributed by atoms with Gasteiger partial charge in [-0.3, -0.25) is 0 Å². The zero-order chi connectivity index (χ0) is 26.4. The van der Waals surface area contributed by atoms with Crippen molar-refractivity contribution < 1.29 is 18.4 Å². The summed E-state index contributed by atoms with van der Waals surface area (Å²) in [5.41, 5.74) is 1.18. The number of halogens is 2. The summed E-state index contributed by atoms with van der Waals surface area (Å²) in [5.74, 6) is 0.175. The van der Waals surface area contributed by atoms with Crippen LogP contribution in [0.4, 0.5) is 14.7 Å². The largest absolute Gasteiger partial charge is 0.492 e. The van der Waals surface area contributed by atoms with Gasteiger partial charge in [-0.2, -0.15) is 0 Å². The predicted octanol–water partition coefficient (Wildman–Crippen LogP) is 5.82. The Bertz CT molecular complexity index is 1220. The first kappa shape index (κ1) is 26.4. The molecule has 1 fully saturated rings. The molecule has 1 aliphatic heterocycles. The van der Waals surface area contributed by atoms with E-state index in [1.807, 2.05) is 33.2 Å². The Morgan fingerprint density at radius 1 is 1.03 bits per heavy atom. The van der Waals surface area contributed by atoms with Crippen molar-refractivity contribution in [3.05, 3.63) is 65.6 Å². The third-order valence-corrected chi connectivity index (χ3v) is 6.08. The molecule has 196 valence electrons. The summed E-state index contributed by atoms with van der Waals surface area (Å²) in [6.07, 6.45) is 9.37. The van der Waals surface area contributed by atoms with Crippen molar-refractivity contribution in [3.8, 4) is 17.0 Å². The highest BCUT2D eigenvalue weighted by Crippen LogP contribution is 2.28. The first-order chi connectivity index (χ1) is 17.7. The molecule has 1 aromatic carbocycles. The Hall–Kier alpha value is -3.62. The average molecular weight is 510 g/mol. The quantitative estimate of drug-likeness (QED) is 0.281. The zero-order valence-electron chi connectivity index (χ0n) is 21.7. The van der Waals surface area contributed by atoms with Crippen molar-refractivity contribution in [2.45, 2.75) is 52.6 Å². The maximum Gasteiger partial charge on any atom is 0.225 e. The summed E-state index contributed by atoms with van der Waals surface area (Å²) in [6, 6.07) is 5.64. The lowest BCUT2D eigenvalue weighted by Gasteiger charge is -2.31. The molecule has 0 atom stereocenters. The molecule has 7 nitrogen and oxygen atoms in total. The molecule has 0 N–H and O–H groups in total. The number of aromatic nitrogens is 3. The zero-order valence-corrected chi connectivity index (χ0v) is 21.7. The third-order valence-electron chi connectivity index (χ3n) is 6.08. The molecule has 0 aliphatic carbocycles. The molecule has 3 aromatic rings. The number of nitrogens with zero attached hydrogens (tertiary/aromatic N) is 5. The van der Waals surface area contributed by atoms with Gasteiger partial charge in [0.15, 0.2) is 5.82 Å². The minimum atomic E-state index is -0.642. The van der Waals surface area contributed by atoms with Crippen molar-refractivity contribution in [1.82, 2.24) is 15.0 Å². The van der Waals surface area contributed by atoms with Gasteiger partial charge < -0.3 is 14.5 Å². The monoisotopic (exact) mass is 509 g/mol. The van der Waals surface area contributed by atoms with Crippen LogP contribution in [0.5, 0.6) is 5.75 Å². The number of ether oxygens (including phenoxy) is 1. The molecule has 2 aromatic heterocycles. The Balaban J connectivity index is 1.31. The standard InChI is InChI=1S/C28H33F2N5O2/c1-5-19-14-32-27(33-15-19)35-10-8-20(9-11-35)18-36-22-13-25(30)26(31-17-22)23-7-6-21(12-24(23)29)16-34-37-28(2,3)4/h6-7,12-17,20H,5,8-11,18H2,1-4H3/b34-16+. The van der Waals surface area contributed by atoms with Crippen LogP contribution in [0.3, 0.4) is 0 Å². The van der Waals surface area contributed by atoms with E-state index in [4.69, 9.17) is 9.57 Å². The minimum absolute atomic E-state index is 0.0679. The van der Waals surface area contributed by atoms with Gasteiger partial charge in [0.05, 0.1) is 19.0 Å². The smallest absolute Gasteiger partial charge is 0.225 e. The topological polar surface area (TPSA) is 72.7 Å². The van der Waals surface area contributed by atoms with Crippen LogP contribution in [-0.4, -0.2) is 46.5 Å². The van der Waals surface area contributed by atoms with Crippen molar-refractivity contribution in [2.75, 3.05) is 24.6 Å². The predicted molar refractivity (Wildman–Crippen MR) is 140 cm³/mol. The van der Waals surface area contributed by atoms with Crippen molar-refractivity contribution in [3.63, 3.8) is 0 Å². The lowest BCUT2D eigenvalue weighted by molar-refractivity contribution is 0.00199. The van der Waals surface area contributed by atoms with Crippen LogP contribution in [0.15, 0.2) is 48.0 Å². The van der Waals surface area contributed by atoms with Crippen LogP contribution in [0.1, 0.15) is 51.7 Å². The summed E-state index contributed by atoms with van der Waals surface area (Å²) in [6.45, 7) is 9.81. The highest BCUT2D eigenvalue weighted by atomic mass is 19.1. The van der Waals surface area contributed by atoms with Crippen LogP contribution < -0.4 is 9.64 Å². The summed E-state index contributed by atoms with van der Waals surface area (Å²) in [7, 11) is 0. The first-order valence-electron chi connectivity index (χ1n) is 12.6. The average Bonchev–Trinajstić information content (AvgIpc) is 2.88. The van der Waals surface area contributed by atoms with Gasteiger partial charge >= 0.3 is 0 Å². The van der Waals surface area contributed by atoms with E-state index in [0.29, 0.717) is 23.8 Å². The van der Waals surface area contributed by atoms with E-state index < -0.39 is 17.2 Å². The molecule has 0 spiro atoms. The minimum Gasteiger partial charge on any atom is -0.492 e. The second-order valence-electron chi connectivity index (χ2n) is 10.2. The molecular weight excluding hydrogens is 476 g/mol. The number of aryl methyl sites for hydroxylation is 1. The fourth-order valence-electron chi connectivity index (χ4n) is 3.95.